The van der Waals surface area contributed by atoms with Gasteiger partial charge in [0.05, 0.1) is 17.7 Å². The second kappa shape index (κ2) is 4.88. The molecule has 0 spiro atoms. The van der Waals surface area contributed by atoms with E-state index in [1.807, 2.05) is 12.1 Å². The van der Waals surface area contributed by atoms with Gasteiger partial charge in [-0.2, -0.15) is 5.26 Å². The van der Waals surface area contributed by atoms with E-state index in [0.29, 0.717) is 11.5 Å². The molecular formula is C13H14N2O2. The first-order chi connectivity index (χ1) is 8.20. The number of rotatable bonds is 5. The molecule has 2 N–H and O–H groups in total. The Bertz CT molecular complexity index is 461. The smallest absolute Gasteiger partial charge is 0.305 e. The lowest BCUT2D eigenvalue weighted by Crippen LogP contribution is -2.25. The van der Waals surface area contributed by atoms with E-state index in [4.69, 9.17) is 10.4 Å². The van der Waals surface area contributed by atoms with Crippen LogP contribution in [-0.4, -0.2) is 17.1 Å². The number of carboxylic acid groups (broad SMARTS) is 1. The van der Waals surface area contributed by atoms with Gasteiger partial charge in [0, 0.05) is 6.04 Å². The molecule has 1 atom stereocenters. The van der Waals surface area contributed by atoms with E-state index < -0.39 is 5.97 Å². The lowest BCUT2D eigenvalue weighted by Gasteiger charge is -2.18. The number of aliphatic carboxylic acids is 1. The minimum atomic E-state index is -0.802. The number of carboxylic acids is 1. The van der Waals surface area contributed by atoms with Crippen molar-refractivity contribution < 1.29 is 9.90 Å². The minimum absolute atomic E-state index is 0.0676. The SMILES string of the molecule is N#Cc1ccccc1NC(CC(=O)O)C1CC1. The molecular weight excluding hydrogens is 216 g/mol. The monoisotopic (exact) mass is 230 g/mol. The fourth-order valence-electron chi connectivity index (χ4n) is 1.93. The molecule has 0 bridgehead atoms. The summed E-state index contributed by atoms with van der Waals surface area (Å²) < 4.78 is 0. The summed E-state index contributed by atoms with van der Waals surface area (Å²) in [5.41, 5.74) is 1.29. The lowest BCUT2D eigenvalue weighted by molar-refractivity contribution is -0.137. The lowest BCUT2D eigenvalue weighted by atomic mass is 10.1. The number of hydrogen-bond donors (Lipinski definition) is 2. The number of nitrogens with zero attached hydrogens (tertiary/aromatic N) is 1. The number of nitriles is 1. The molecule has 0 heterocycles. The third-order valence-electron chi connectivity index (χ3n) is 2.97. The summed E-state index contributed by atoms with van der Waals surface area (Å²) in [5.74, 6) is -0.373. The second-order valence-electron chi connectivity index (χ2n) is 4.34. The Kier molecular flexibility index (Phi) is 3.29. The minimum Gasteiger partial charge on any atom is -0.481 e. The molecule has 0 saturated heterocycles. The zero-order valence-corrected chi connectivity index (χ0v) is 9.39. The van der Waals surface area contributed by atoms with Crippen LogP contribution >= 0.6 is 0 Å². The topological polar surface area (TPSA) is 73.1 Å². The number of hydrogen-bond acceptors (Lipinski definition) is 3. The number of anilines is 1. The first-order valence-electron chi connectivity index (χ1n) is 5.68. The normalized spacial score (nSPS) is 15.9. The van der Waals surface area contributed by atoms with Crippen LogP contribution in [0.25, 0.3) is 0 Å². The molecule has 1 aromatic carbocycles. The van der Waals surface area contributed by atoms with Crippen molar-refractivity contribution in [2.45, 2.75) is 25.3 Å². The predicted molar refractivity (Wildman–Crippen MR) is 63.5 cm³/mol. The third kappa shape index (κ3) is 2.97. The largest absolute Gasteiger partial charge is 0.481 e. The van der Waals surface area contributed by atoms with Crippen LogP contribution < -0.4 is 5.32 Å². The Hall–Kier alpha value is -2.02. The van der Waals surface area contributed by atoms with Crippen LogP contribution in [0.2, 0.25) is 0 Å². The summed E-state index contributed by atoms with van der Waals surface area (Å²) in [7, 11) is 0. The van der Waals surface area contributed by atoms with Crippen LogP contribution in [0.4, 0.5) is 5.69 Å². The van der Waals surface area contributed by atoms with Gasteiger partial charge < -0.3 is 10.4 Å². The quantitative estimate of drug-likeness (QED) is 0.813. The van der Waals surface area contributed by atoms with Crippen molar-refractivity contribution in [3.63, 3.8) is 0 Å². The van der Waals surface area contributed by atoms with E-state index in [9.17, 15) is 4.79 Å². The van der Waals surface area contributed by atoms with Gasteiger partial charge in [-0.15, -0.1) is 0 Å². The zero-order valence-electron chi connectivity index (χ0n) is 9.39. The average molecular weight is 230 g/mol. The van der Waals surface area contributed by atoms with E-state index in [1.54, 1.807) is 12.1 Å². The standard InChI is InChI=1S/C13H14N2O2/c14-8-10-3-1-2-4-11(10)15-12(7-13(16)17)9-5-6-9/h1-4,9,12,15H,5-7H2,(H,16,17). The highest BCUT2D eigenvalue weighted by Gasteiger charge is 2.32. The van der Waals surface area contributed by atoms with Gasteiger partial charge in [0.2, 0.25) is 0 Å². The van der Waals surface area contributed by atoms with Crippen molar-refractivity contribution in [1.82, 2.24) is 0 Å². The summed E-state index contributed by atoms with van der Waals surface area (Å²) in [6.07, 6.45) is 2.24. The maximum atomic E-state index is 10.8. The van der Waals surface area contributed by atoms with Crippen LogP contribution in [0.15, 0.2) is 24.3 Å². The van der Waals surface area contributed by atoms with Crippen LogP contribution in [0.1, 0.15) is 24.8 Å². The fraction of sp³-hybridized carbons (Fsp3) is 0.385. The number of nitrogens with one attached hydrogen (secondary N) is 1. The molecule has 17 heavy (non-hydrogen) atoms. The summed E-state index contributed by atoms with van der Waals surface area (Å²) in [6, 6.07) is 9.22. The summed E-state index contributed by atoms with van der Waals surface area (Å²) in [6.45, 7) is 0. The molecule has 1 fully saturated rings. The van der Waals surface area contributed by atoms with Gasteiger partial charge in [0.15, 0.2) is 0 Å². The van der Waals surface area contributed by atoms with Gasteiger partial charge in [-0.25, -0.2) is 0 Å². The molecule has 1 aliphatic rings. The molecule has 0 amide bonds. The molecule has 1 aliphatic carbocycles. The molecule has 88 valence electrons. The fourth-order valence-corrected chi connectivity index (χ4v) is 1.93. The Morgan fingerprint density at radius 3 is 2.82 bits per heavy atom. The Labute approximate surface area is 99.9 Å². The summed E-state index contributed by atoms with van der Waals surface area (Å²) in [5, 5.41) is 21.0. The molecule has 2 rings (SSSR count). The molecule has 0 radical (unpaired) electrons. The van der Waals surface area contributed by atoms with Crippen LogP contribution in [-0.2, 0) is 4.79 Å². The third-order valence-corrected chi connectivity index (χ3v) is 2.97. The Morgan fingerprint density at radius 1 is 1.53 bits per heavy atom. The summed E-state index contributed by atoms with van der Waals surface area (Å²) >= 11 is 0. The van der Waals surface area contributed by atoms with Crippen molar-refractivity contribution in [1.29, 1.82) is 5.26 Å². The highest BCUT2D eigenvalue weighted by atomic mass is 16.4. The van der Waals surface area contributed by atoms with Crippen LogP contribution in [0.3, 0.4) is 0 Å². The maximum absolute atomic E-state index is 10.8. The van der Waals surface area contributed by atoms with E-state index in [0.717, 1.165) is 18.5 Å². The predicted octanol–water partition coefficient (Wildman–Crippen LogP) is 2.22. The van der Waals surface area contributed by atoms with E-state index in [2.05, 4.69) is 11.4 Å². The zero-order chi connectivity index (χ0) is 12.3. The number of carbonyl (C=O) groups is 1. The van der Waals surface area contributed by atoms with Gasteiger partial charge in [0.25, 0.3) is 0 Å². The van der Waals surface area contributed by atoms with E-state index in [1.165, 1.54) is 0 Å². The molecule has 0 aromatic heterocycles. The molecule has 0 aliphatic heterocycles. The molecule has 1 unspecified atom stereocenters. The van der Waals surface area contributed by atoms with Crippen LogP contribution in [0.5, 0.6) is 0 Å². The first kappa shape index (κ1) is 11.5. The van der Waals surface area contributed by atoms with Crippen molar-refractivity contribution in [3.05, 3.63) is 29.8 Å². The maximum Gasteiger partial charge on any atom is 0.305 e. The molecule has 4 heteroatoms. The molecule has 1 saturated carbocycles. The number of para-hydroxylation sites is 1. The van der Waals surface area contributed by atoms with Crippen molar-refractivity contribution in [3.8, 4) is 6.07 Å². The van der Waals surface area contributed by atoms with E-state index in [-0.39, 0.29) is 12.5 Å². The summed E-state index contributed by atoms with van der Waals surface area (Å²) in [4.78, 5) is 10.8. The first-order valence-corrected chi connectivity index (χ1v) is 5.68. The molecule has 1 aromatic rings. The highest BCUT2D eigenvalue weighted by molar-refractivity contribution is 5.69. The Morgan fingerprint density at radius 2 is 2.24 bits per heavy atom. The average Bonchev–Trinajstić information content (AvgIpc) is 3.12. The van der Waals surface area contributed by atoms with E-state index >= 15 is 0 Å². The van der Waals surface area contributed by atoms with Crippen molar-refractivity contribution in [2.75, 3.05) is 5.32 Å². The second-order valence-corrected chi connectivity index (χ2v) is 4.34. The highest BCUT2D eigenvalue weighted by Crippen LogP contribution is 2.36. The van der Waals surface area contributed by atoms with Gasteiger partial charge in [-0.05, 0) is 30.9 Å². The van der Waals surface area contributed by atoms with Gasteiger partial charge in [-0.1, -0.05) is 12.1 Å². The van der Waals surface area contributed by atoms with Crippen molar-refractivity contribution in [2.24, 2.45) is 5.92 Å². The van der Waals surface area contributed by atoms with Gasteiger partial charge in [-0.3, -0.25) is 4.79 Å². The number of benzene rings is 1. The Balaban J connectivity index is 2.11. The van der Waals surface area contributed by atoms with Crippen molar-refractivity contribution >= 4 is 11.7 Å². The molecule has 4 nitrogen and oxygen atoms in total. The van der Waals surface area contributed by atoms with Crippen LogP contribution in [0, 0.1) is 17.2 Å². The van der Waals surface area contributed by atoms with Gasteiger partial charge in [0.1, 0.15) is 6.07 Å². The van der Waals surface area contributed by atoms with Gasteiger partial charge >= 0.3 is 5.97 Å².